The van der Waals surface area contributed by atoms with Gasteiger partial charge in [0.1, 0.15) is 11.2 Å². The molecule has 4 aromatic rings. The summed E-state index contributed by atoms with van der Waals surface area (Å²) < 4.78 is 48.1. The number of hydrogen-bond donors (Lipinski definition) is 2. The van der Waals surface area contributed by atoms with Crippen LogP contribution in [0.3, 0.4) is 0 Å². The van der Waals surface area contributed by atoms with Crippen molar-refractivity contribution in [3.05, 3.63) is 105 Å². The van der Waals surface area contributed by atoms with Crippen LogP contribution in [0, 0.1) is 6.92 Å². The Bertz CT molecular complexity index is 1690. The number of nitrogens with zero attached hydrogens (tertiary/aromatic N) is 1. The number of fused-ring (bicyclic) bond motifs is 1. The van der Waals surface area contributed by atoms with E-state index in [1.54, 1.807) is 36.9 Å². The summed E-state index contributed by atoms with van der Waals surface area (Å²) in [5.41, 5.74) is 0.789. The molecule has 41 heavy (non-hydrogen) atoms. The van der Waals surface area contributed by atoms with Gasteiger partial charge in [-0.25, -0.2) is 9.59 Å². The lowest BCUT2D eigenvalue weighted by Crippen LogP contribution is -2.59. The molecule has 1 atom stereocenters. The Balaban J connectivity index is 1.45. The Hall–Kier alpha value is -4.64. The molecule has 1 aliphatic rings. The highest BCUT2D eigenvalue weighted by Crippen LogP contribution is 2.37. The van der Waals surface area contributed by atoms with Crippen LogP contribution in [0.1, 0.15) is 40.0 Å². The molecule has 8 nitrogen and oxygen atoms in total. The molecule has 1 aromatic heterocycles. The molecule has 3 aromatic carbocycles. The van der Waals surface area contributed by atoms with Gasteiger partial charge in [0, 0.05) is 17.3 Å². The van der Waals surface area contributed by atoms with Crippen molar-refractivity contribution >= 4 is 34.5 Å². The highest BCUT2D eigenvalue weighted by Gasteiger charge is 2.44. The van der Waals surface area contributed by atoms with E-state index in [1.165, 1.54) is 24.3 Å². The Labute approximate surface area is 232 Å². The van der Waals surface area contributed by atoms with Crippen molar-refractivity contribution in [2.75, 3.05) is 23.3 Å². The number of carbonyl (C=O) groups excluding carboxylic acids is 2. The molecule has 212 valence electrons. The van der Waals surface area contributed by atoms with Crippen LogP contribution in [0.5, 0.6) is 0 Å². The second kappa shape index (κ2) is 10.4. The van der Waals surface area contributed by atoms with Gasteiger partial charge >= 0.3 is 18.1 Å². The van der Waals surface area contributed by atoms with Crippen LogP contribution in [0.15, 0.2) is 82.0 Å². The molecule has 11 heteroatoms. The molecule has 1 fully saturated rings. The van der Waals surface area contributed by atoms with Crippen LogP contribution < -0.4 is 15.6 Å². The number of para-hydroxylation sites is 1. The number of aryl methyl sites for hydroxylation is 1. The van der Waals surface area contributed by atoms with E-state index in [0.29, 0.717) is 10.9 Å². The van der Waals surface area contributed by atoms with E-state index in [9.17, 15) is 32.7 Å². The second-order valence-corrected chi connectivity index (χ2v) is 10.0. The molecule has 0 saturated carbocycles. The number of rotatable bonds is 6. The molecule has 5 rings (SSSR count). The number of alkyl halides is 3. The van der Waals surface area contributed by atoms with Crippen LogP contribution >= 0.6 is 0 Å². The first-order valence-electron chi connectivity index (χ1n) is 12.7. The maximum Gasteiger partial charge on any atom is 0.491 e. The number of nitrogens with one attached hydrogen (secondary N) is 1. The number of anilines is 2. The standard InChI is InChI=1S/C30H25F3N2O6/c1-17-12-21(18(2)34-23-11-7-6-10-20(23)27(37)41-28(38)30(31,32)33)26-22(13-17)24(36)14-25(40-26)35-15-29(39,16-35)19-8-4-3-5-9-19/h3-14,18,34,39H,15-16H2,1-2H3. The molecule has 2 N–H and O–H groups in total. The summed E-state index contributed by atoms with van der Waals surface area (Å²) in [6.07, 6.45) is -5.33. The van der Waals surface area contributed by atoms with E-state index in [2.05, 4.69) is 10.1 Å². The fourth-order valence-electron chi connectivity index (χ4n) is 4.87. The quantitative estimate of drug-likeness (QED) is 0.241. The summed E-state index contributed by atoms with van der Waals surface area (Å²) >= 11 is 0. The normalized spacial score (nSPS) is 15.2. The highest BCUT2D eigenvalue weighted by atomic mass is 19.4. The summed E-state index contributed by atoms with van der Waals surface area (Å²) in [6.45, 7) is 3.95. The molecular formula is C30H25F3N2O6. The Morgan fingerprint density at radius 1 is 1.05 bits per heavy atom. The third-order valence-electron chi connectivity index (χ3n) is 6.92. The lowest BCUT2D eigenvalue weighted by atomic mass is 9.86. The van der Waals surface area contributed by atoms with E-state index in [4.69, 9.17) is 4.42 Å². The van der Waals surface area contributed by atoms with Crippen LogP contribution in [-0.4, -0.2) is 36.3 Å². The summed E-state index contributed by atoms with van der Waals surface area (Å²) in [6, 6.07) is 19.1. The minimum atomic E-state index is -5.33. The first kappa shape index (κ1) is 27.9. The number of β-amino-alcohol motifs (C(OH)–C–C–N with tert-alkyl or cyclic N) is 1. The van der Waals surface area contributed by atoms with Gasteiger partial charge in [-0.15, -0.1) is 0 Å². The average molecular weight is 567 g/mol. The van der Waals surface area contributed by atoms with E-state index in [1.807, 2.05) is 30.3 Å². The van der Waals surface area contributed by atoms with Crippen molar-refractivity contribution in [1.82, 2.24) is 0 Å². The van der Waals surface area contributed by atoms with Gasteiger partial charge in [-0.2, -0.15) is 13.2 Å². The third-order valence-corrected chi connectivity index (χ3v) is 6.92. The van der Waals surface area contributed by atoms with Gasteiger partial charge in [0.05, 0.1) is 30.1 Å². The molecule has 0 radical (unpaired) electrons. The Kier molecular flexibility index (Phi) is 7.08. The smallest absolute Gasteiger partial charge is 0.440 e. The van der Waals surface area contributed by atoms with Crippen LogP contribution in [0.25, 0.3) is 11.0 Å². The molecule has 1 unspecified atom stereocenters. The monoisotopic (exact) mass is 566 g/mol. The average Bonchev–Trinajstić information content (AvgIpc) is 2.91. The van der Waals surface area contributed by atoms with Crippen LogP contribution in [0.2, 0.25) is 0 Å². The van der Waals surface area contributed by atoms with Crippen molar-refractivity contribution in [3.63, 3.8) is 0 Å². The second-order valence-electron chi connectivity index (χ2n) is 10.0. The zero-order valence-corrected chi connectivity index (χ0v) is 22.0. The van der Waals surface area contributed by atoms with Gasteiger partial charge in [0.25, 0.3) is 0 Å². The van der Waals surface area contributed by atoms with Crippen molar-refractivity contribution in [2.24, 2.45) is 0 Å². The lowest BCUT2D eigenvalue weighted by Gasteiger charge is -2.47. The van der Waals surface area contributed by atoms with Gasteiger partial charge in [-0.3, -0.25) is 4.79 Å². The zero-order valence-electron chi connectivity index (χ0n) is 22.0. The van der Waals surface area contributed by atoms with E-state index < -0.39 is 29.8 Å². The van der Waals surface area contributed by atoms with E-state index in [0.717, 1.165) is 11.1 Å². The topological polar surface area (TPSA) is 109 Å². The minimum Gasteiger partial charge on any atom is -0.440 e. The first-order chi connectivity index (χ1) is 19.4. The number of halogens is 3. The van der Waals surface area contributed by atoms with E-state index in [-0.39, 0.29) is 41.2 Å². The number of esters is 2. The minimum absolute atomic E-state index is 0.115. The van der Waals surface area contributed by atoms with Crippen LogP contribution in [0.4, 0.5) is 24.7 Å². The summed E-state index contributed by atoms with van der Waals surface area (Å²) in [7, 11) is 0. The van der Waals surface area contributed by atoms with E-state index >= 15 is 0 Å². The number of benzene rings is 3. The molecule has 0 aliphatic carbocycles. The number of ether oxygens (including phenoxy) is 1. The predicted octanol–water partition coefficient (Wildman–Crippen LogP) is 5.23. The zero-order chi connectivity index (χ0) is 29.5. The first-order valence-corrected chi connectivity index (χ1v) is 12.7. The molecule has 2 heterocycles. The van der Waals surface area contributed by atoms with Gasteiger partial charge in [0.15, 0.2) is 11.3 Å². The molecule has 1 saturated heterocycles. The van der Waals surface area contributed by atoms with Gasteiger partial charge in [-0.05, 0) is 43.2 Å². The SMILES string of the molecule is Cc1cc(C(C)Nc2ccccc2C(=O)OC(=O)C(F)(F)F)c2oc(N3CC(O)(c4ccccc4)C3)cc(=O)c2c1. The maximum absolute atomic E-state index is 13.1. The van der Waals surface area contributed by atoms with Crippen molar-refractivity contribution in [1.29, 1.82) is 0 Å². The lowest BCUT2D eigenvalue weighted by molar-refractivity contribution is -0.193. The largest absolute Gasteiger partial charge is 0.491 e. The Morgan fingerprint density at radius 2 is 1.71 bits per heavy atom. The summed E-state index contributed by atoms with van der Waals surface area (Å²) in [5, 5.41) is 14.4. The molecule has 1 aliphatic heterocycles. The summed E-state index contributed by atoms with van der Waals surface area (Å²) in [4.78, 5) is 38.5. The molecule has 0 spiro atoms. The summed E-state index contributed by atoms with van der Waals surface area (Å²) in [5.74, 6) is -3.81. The van der Waals surface area contributed by atoms with Crippen molar-refractivity contribution in [3.8, 4) is 0 Å². The van der Waals surface area contributed by atoms with Crippen molar-refractivity contribution < 1.29 is 37.0 Å². The number of aliphatic hydroxyl groups is 1. The van der Waals surface area contributed by atoms with Gasteiger partial charge in [0.2, 0.25) is 0 Å². The van der Waals surface area contributed by atoms with Crippen molar-refractivity contribution in [2.45, 2.75) is 31.7 Å². The fourth-order valence-corrected chi connectivity index (χ4v) is 4.87. The van der Waals surface area contributed by atoms with Gasteiger partial charge in [-0.1, -0.05) is 48.5 Å². The van der Waals surface area contributed by atoms with Crippen LogP contribution in [-0.2, 0) is 15.1 Å². The molecule has 0 bridgehead atoms. The number of carbonyl (C=O) groups is 2. The third kappa shape index (κ3) is 5.53. The molecular weight excluding hydrogens is 541 g/mol. The predicted molar refractivity (Wildman–Crippen MR) is 145 cm³/mol. The fraction of sp³-hybridized carbons (Fsp3) is 0.233. The Morgan fingerprint density at radius 3 is 2.39 bits per heavy atom. The highest BCUT2D eigenvalue weighted by molar-refractivity contribution is 6.02. The number of hydrogen-bond acceptors (Lipinski definition) is 8. The maximum atomic E-state index is 13.1. The van der Waals surface area contributed by atoms with Gasteiger partial charge < -0.3 is 24.5 Å². The molecule has 0 amide bonds.